The van der Waals surface area contributed by atoms with Gasteiger partial charge in [0.25, 0.3) is 0 Å². The maximum atomic E-state index is 11.0. The van der Waals surface area contributed by atoms with Crippen molar-refractivity contribution in [2.75, 3.05) is 33.4 Å². The fraction of sp³-hybridized carbons (Fsp3) is 0.625. The Balaban J connectivity index is 3.25. The molecule has 76 valence electrons. The number of amides is 1. The third-order valence-corrected chi connectivity index (χ3v) is 1.38. The highest BCUT2D eigenvalue weighted by Crippen LogP contribution is 1.91. The highest BCUT2D eigenvalue weighted by atomic mass is 35.5. The number of hydrogen-bond donors (Lipinski definition) is 2. The molecule has 0 atom stereocenters. The SMILES string of the molecule is C=C(Cl)CNC(=O)CNCCOC. The fourth-order valence-electron chi connectivity index (χ4n) is 0.633. The van der Waals surface area contributed by atoms with Crippen LogP contribution in [0.2, 0.25) is 0 Å². The maximum Gasteiger partial charge on any atom is 0.234 e. The van der Waals surface area contributed by atoms with Crippen molar-refractivity contribution in [2.45, 2.75) is 0 Å². The van der Waals surface area contributed by atoms with Gasteiger partial charge in [-0.15, -0.1) is 0 Å². The zero-order valence-electron chi connectivity index (χ0n) is 7.73. The summed E-state index contributed by atoms with van der Waals surface area (Å²) in [6.45, 7) is 5.28. The predicted octanol–water partition coefficient (Wildman–Crippen LogP) is 0.0911. The van der Waals surface area contributed by atoms with E-state index in [0.717, 1.165) is 0 Å². The van der Waals surface area contributed by atoms with E-state index in [9.17, 15) is 4.79 Å². The molecule has 0 unspecified atom stereocenters. The molecule has 13 heavy (non-hydrogen) atoms. The molecule has 0 heterocycles. The van der Waals surface area contributed by atoms with Gasteiger partial charge in [-0.05, 0) is 0 Å². The number of halogens is 1. The van der Waals surface area contributed by atoms with E-state index in [1.54, 1.807) is 7.11 Å². The van der Waals surface area contributed by atoms with Crippen LogP contribution in [0.4, 0.5) is 0 Å². The van der Waals surface area contributed by atoms with Crippen LogP contribution in [-0.4, -0.2) is 39.3 Å². The van der Waals surface area contributed by atoms with Gasteiger partial charge < -0.3 is 15.4 Å². The first-order valence-corrected chi connectivity index (χ1v) is 4.34. The van der Waals surface area contributed by atoms with Crippen LogP contribution in [0.5, 0.6) is 0 Å². The summed E-state index contributed by atoms with van der Waals surface area (Å²) in [5.41, 5.74) is 0. The van der Waals surface area contributed by atoms with Gasteiger partial charge in [0, 0.05) is 18.7 Å². The maximum absolute atomic E-state index is 11.0. The van der Waals surface area contributed by atoms with E-state index < -0.39 is 0 Å². The van der Waals surface area contributed by atoms with Crippen LogP contribution < -0.4 is 10.6 Å². The van der Waals surface area contributed by atoms with Gasteiger partial charge in [0.05, 0.1) is 19.7 Å². The Hall–Kier alpha value is -0.580. The summed E-state index contributed by atoms with van der Waals surface area (Å²) in [7, 11) is 1.61. The van der Waals surface area contributed by atoms with Crippen LogP contribution in [0, 0.1) is 0 Å². The van der Waals surface area contributed by atoms with Crippen molar-refractivity contribution in [3.8, 4) is 0 Å². The first kappa shape index (κ1) is 12.4. The number of ether oxygens (including phenoxy) is 1. The average Bonchev–Trinajstić information content (AvgIpc) is 2.09. The van der Waals surface area contributed by atoms with Crippen molar-refractivity contribution in [2.24, 2.45) is 0 Å². The summed E-state index contributed by atoms with van der Waals surface area (Å²) >= 11 is 5.46. The van der Waals surface area contributed by atoms with Crippen molar-refractivity contribution in [3.05, 3.63) is 11.6 Å². The molecule has 0 aromatic rings. The predicted molar refractivity (Wildman–Crippen MR) is 52.7 cm³/mol. The lowest BCUT2D eigenvalue weighted by Gasteiger charge is -2.04. The van der Waals surface area contributed by atoms with Crippen molar-refractivity contribution in [3.63, 3.8) is 0 Å². The minimum atomic E-state index is -0.0992. The van der Waals surface area contributed by atoms with Crippen molar-refractivity contribution in [1.82, 2.24) is 10.6 Å². The lowest BCUT2D eigenvalue weighted by Crippen LogP contribution is -2.35. The van der Waals surface area contributed by atoms with Crippen molar-refractivity contribution >= 4 is 17.5 Å². The van der Waals surface area contributed by atoms with Gasteiger partial charge in [0.15, 0.2) is 0 Å². The average molecular weight is 207 g/mol. The Labute approximate surface area is 83.3 Å². The molecular weight excluding hydrogens is 192 g/mol. The van der Waals surface area contributed by atoms with Crippen LogP contribution in [-0.2, 0) is 9.53 Å². The Morgan fingerprint density at radius 2 is 2.23 bits per heavy atom. The minimum absolute atomic E-state index is 0.0992. The van der Waals surface area contributed by atoms with Crippen LogP contribution in [0.25, 0.3) is 0 Å². The van der Waals surface area contributed by atoms with Crippen LogP contribution >= 0.6 is 11.6 Å². The first-order valence-electron chi connectivity index (χ1n) is 3.96. The molecule has 0 aliphatic carbocycles. The molecule has 5 heteroatoms. The summed E-state index contributed by atoms with van der Waals surface area (Å²) in [6.07, 6.45) is 0. The molecule has 0 rings (SSSR count). The standard InChI is InChI=1S/C8H15ClN2O2/c1-7(9)5-11-8(12)6-10-3-4-13-2/h10H,1,3-6H2,2H3,(H,11,12). The summed E-state index contributed by atoms with van der Waals surface area (Å²) < 4.78 is 4.79. The van der Waals surface area contributed by atoms with E-state index in [1.807, 2.05) is 0 Å². The monoisotopic (exact) mass is 206 g/mol. The van der Waals surface area contributed by atoms with E-state index in [2.05, 4.69) is 17.2 Å². The molecule has 0 saturated carbocycles. The molecule has 2 N–H and O–H groups in total. The summed E-state index contributed by atoms with van der Waals surface area (Å²) in [5.74, 6) is -0.0992. The topological polar surface area (TPSA) is 50.4 Å². The van der Waals surface area contributed by atoms with Gasteiger partial charge in [-0.2, -0.15) is 0 Å². The highest BCUT2D eigenvalue weighted by Gasteiger charge is 1.98. The lowest BCUT2D eigenvalue weighted by molar-refractivity contribution is -0.120. The Morgan fingerprint density at radius 3 is 2.77 bits per heavy atom. The van der Waals surface area contributed by atoms with Gasteiger partial charge in [0.2, 0.25) is 5.91 Å². The number of carbonyl (C=O) groups excluding carboxylic acids is 1. The number of carbonyl (C=O) groups is 1. The molecule has 0 saturated heterocycles. The molecular formula is C8H15ClN2O2. The molecule has 0 bridgehead atoms. The smallest absolute Gasteiger partial charge is 0.234 e. The van der Waals surface area contributed by atoms with Gasteiger partial charge in [-0.25, -0.2) is 0 Å². The van der Waals surface area contributed by atoms with Gasteiger partial charge >= 0.3 is 0 Å². The van der Waals surface area contributed by atoms with Gasteiger partial charge in [-0.1, -0.05) is 18.2 Å². The van der Waals surface area contributed by atoms with Crippen molar-refractivity contribution in [1.29, 1.82) is 0 Å². The number of rotatable bonds is 7. The first-order chi connectivity index (χ1) is 6.16. The zero-order valence-corrected chi connectivity index (χ0v) is 8.49. The van der Waals surface area contributed by atoms with Crippen LogP contribution in [0.15, 0.2) is 11.6 Å². The number of hydrogen-bond acceptors (Lipinski definition) is 3. The van der Waals surface area contributed by atoms with E-state index in [-0.39, 0.29) is 12.5 Å². The second-order valence-corrected chi connectivity index (χ2v) is 3.00. The quantitative estimate of drug-likeness (QED) is 0.581. The van der Waals surface area contributed by atoms with Crippen LogP contribution in [0.3, 0.4) is 0 Å². The summed E-state index contributed by atoms with van der Waals surface area (Å²) in [6, 6.07) is 0. The van der Waals surface area contributed by atoms with Crippen LogP contribution in [0.1, 0.15) is 0 Å². The Kier molecular flexibility index (Phi) is 7.68. The van der Waals surface area contributed by atoms with Crippen molar-refractivity contribution < 1.29 is 9.53 Å². The van der Waals surface area contributed by atoms with Gasteiger partial charge in [0.1, 0.15) is 0 Å². The molecule has 0 radical (unpaired) electrons. The third-order valence-electron chi connectivity index (χ3n) is 1.25. The minimum Gasteiger partial charge on any atom is -0.383 e. The molecule has 1 amide bonds. The molecule has 0 aromatic heterocycles. The van der Waals surface area contributed by atoms with E-state index in [1.165, 1.54) is 0 Å². The largest absolute Gasteiger partial charge is 0.383 e. The second kappa shape index (κ2) is 8.04. The van der Waals surface area contributed by atoms with E-state index in [0.29, 0.717) is 24.7 Å². The Bertz CT molecular complexity index is 174. The normalized spacial score (nSPS) is 9.69. The lowest BCUT2D eigenvalue weighted by atomic mass is 10.5. The van der Waals surface area contributed by atoms with E-state index >= 15 is 0 Å². The number of nitrogens with one attached hydrogen (secondary N) is 2. The summed E-state index contributed by atoms with van der Waals surface area (Å²) in [5, 5.41) is 5.91. The molecule has 0 aliphatic heterocycles. The van der Waals surface area contributed by atoms with E-state index in [4.69, 9.17) is 16.3 Å². The zero-order chi connectivity index (χ0) is 10.1. The third kappa shape index (κ3) is 9.33. The molecule has 4 nitrogen and oxygen atoms in total. The second-order valence-electron chi connectivity index (χ2n) is 2.46. The fourth-order valence-corrected chi connectivity index (χ4v) is 0.700. The summed E-state index contributed by atoms with van der Waals surface area (Å²) in [4.78, 5) is 11.0. The molecule has 0 fully saturated rings. The number of methoxy groups -OCH3 is 1. The Morgan fingerprint density at radius 1 is 1.54 bits per heavy atom. The van der Waals surface area contributed by atoms with Gasteiger partial charge in [-0.3, -0.25) is 4.79 Å². The molecule has 0 aliphatic rings. The molecule has 0 spiro atoms. The molecule has 0 aromatic carbocycles. The highest BCUT2D eigenvalue weighted by molar-refractivity contribution is 6.29.